The van der Waals surface area contributed by atoms with Crippen molar-refractivity contribution in [1.29, 1.82) is 0 Å². The maximum absolute atomic E-state index is 13.2. The summed E-state index contributed by atoms with van der Waals surface area (Å²) in [5, 5.41) is 10.9. The molecule has 25 heavy (non-hydrogen) atoms. The number of benzene rings is 1. The summed E-state index contributed by atoms with van der Waals surface area (Å²) in [5.74, 6) is 0.545. The largest absolute Gasteiger partial charge is 0.480 e. The Morgan fingerprint density at radius 2 is 2.04 bits per heavy atom. The minimum atomic E-state index is -0.506. The third-order valence-electron chi connectivity index (χ3n) is 4.21. The quantitative estimate of drug-likeness (QED) is 0.902. The van der Waals surface area contributed by atoms with E-state index >= 15 is 0 Å². The van der Waals surface area contributed by atoms with Crippen LogP contribution in [0, 0.1) is 11.7 Å². The van der Waals surface area contributed by atoms with E-state index < -0.39 is 5.82 Å². The highest BCUT2D eigenvalue weighted by molar-refractivity contribution is 6.31. The number of aromatic nitrogens is 2. The Morgan fingerprint density at radius 3 is 2.64 bits per heavy atom. The molecule has 8 heteroatoms. The molecule has 0 radical (unpaired) electrons. The monoisotopic (exact) mass is 364 g/mol. The molecule has 0 aliphatic carbocycles. The molecule has 0 bridgehead atoms. The summed E-state index contributed by atoms with van der Waals surface area (Å²) in [7, 11) is 1.54. The Hall–Kier alpha value is -2.41. The van der Waals surface area contributed by atoms with Crippen LogP contribution >= 0.6 is 11.6 Å². The summed E-state index contributed by atoms with van der Waals surface area (Å²) >= 11 is 5.74. The molecule has 0 spiro atoms. The van der Waals surface area contributed by atoms with Crippen LogP contribution in [0.25, 0.3) is 0 Å². The molecular weight excluding hydrogens is 347 g/mol. The van der Waals surface area contributed by atoms with Gasteiger partial charge in [-0.1, -0.05) is 11.6 Å². The van der Waals surface area contributed by atoms with E-state index in [1.54, 1.807) is 13.2 Å². The van der Waals surface area contributed by atoms with E-state index in [0.717, 1.165) is 5.82 Å². The van der Waals surface area contributed by atoms with Crippen LogP contribution in [0.5, 0.6) is 5.88 Å². The normalized spacial score (nSPS) is 15.1. The molecule has 0 atom stereocenters. The lowest BCUT2D eigenvalue weighted by atomic mass is 9.96. The average Bonchev–Trinajstić information content (AvgIpc) is 2.65. The van der Waals surface area contributed by atoms with Crippen molar-refractivity contribution in [3.05, 3.63) is 41.2 Å². The predicted molar refractivity (Wildman–Crippen MR) is 93.6 cm³/mol. The molecule has 0 saturated carbocycles. The Bertz CT molecular complexity index is 749. The van der Waals surface area contributed by atoms with Crippen molar-refractivity contribution in [3.8, 4) is 5.88 Å². The van der Waals surface area contributed by atoms with Gasteiger partial charge < -0.3 is 15.0 Å². The summed E-state index contributed by atoms with van der Waals surface area (Å²) in [6.07, 6.45) is 1.41. The van der Waals surface area contributed by atoms with Gasteiger partial charge in [-0.05, 0) is 37.1 Å². The van der Waals surface area contributed by atoms with Gasteiger partial charge in [0.1, 0.15) is 5.82 Å². The van der Waals surface area contributed by atoms with Crippen molar-refractivity contribution < 1.29 is 13.9 Å². The minimum Gasteiger partial charge on any atom is -0.480 e. The zero-order valence-corrected chi connectivity index (χ0v) is 14.5. The summed E-state index contributed by atoms with van der Waals surface area (Å²) < 4.78 is 18.2. The Morgan fingerprint density at radius 1 is 1.28 bits per heavy atom. The smallest absolute Gasteiger partial charge is 0.233 e. The number of anilines is 2. The van der Waals surface area contributed by atoms with Gasteiger partial charge in [0.15, 0.2) is 5.82 Å². The first-order chi connectivity index (χ1) is 12.1. The van der Waals surface area contributed by atoms with Gasteiger partial charge in [0, 0.05) is 30.8 Å². The maximum atomic E-state index is 13.2. The van der Waals surface area contributed by atoms with Crippen molar-refractivity contribution in [3.63, 3.8) is 0 Å². The molecule has 1 saturated heterocycles. The number of amides is 1. The maximum Gasteiger partial charge on any atom is 0.233 e. The molecule has 2 aromatic rings. The van der Waals surface area contributed by atoms with Crippen molar-refractivity contribution in [2.45, 2.75) is 12.8 Å². The van der Waals surface area contributed by atoms with Gasteiger partial charge in [0.2, 0.25) is 11.8 Å². The number of hydrogen-bond acceptors (Lipinski definition) is 5. The first-order valence-electron chi connectivity index (χ1n) is 7.95. The Kier molecular flexibility index (Phi) is 5.33. The van der Waals surface area contributed by atoms with Crippen LogP contribution in [-0.4, -0.2) is 36.3 Å². The van der Waals surface area contributed by atoms with E-state index in [-0.39, 0.29) is 16.8 Å². The summed E-state index contributed by atoms with van der Waals surface area (Å²) in [6, 6.07) is 7.77. The summed E-state index contributed by atoms with van der Waals surface area (Å²) in [4.78, 5) is 14.5. The van der Waals surface area contributed by atoms with Crippen LogP contribution in [0.1, 0.15) is 12.8 Å². The fourth-order valence-electron chi connectivity index (χ4n) is 2.78. The fraction of sp³-hybridized carbons (Fsp3) is 0.353. The van der Waals surface area contributed by atoms with Gasteiger partial charge >= 0.3 is 0 Å². The number of methoxy groups -OCH3 is 1. The zero-order valence-electron chi connectivity index (χ0n) is 13.7. The molecule has 2 heterocycles. The van der Waals surface area contributed by atoms with E-state index in [2.05, 4.69) is 20.4 Å². The molecule has 1 aliphatic heterocycles. The standard InChI is InChI=1S/C17H18ClFN4O2/c1-25-16-5-4-15(21-22-16)23-8-6-11(7-9-23)17(24)20-12-2-3-14(19)13(18)10-12/h2-5,10-11H,6-9H2,1H3,(H,20,24). The molecule has 132 valence electrons. The number of carbonyl (C=O) groups is 1. The minimum absolute atomic E-state index is 0.00861. The number of hydrogen-bond donors (Lipinski definition) is 1. The van der Waals surface area contributed by atoms with E-state index in [1.165, 1.54) is 18.2 Å². The Balaban J connectivity index is 1.55. The van der Waals surface area contributed by atoms with Crippen molar-refractivity contribution in [2.75, 3.05) is 30.4 Å². The van der Waals surface area contributed by atoms with Gasteiger partial charge in [-0.3, -0.25) is 4.79 Å². The molecule has 3 rings (SSSR count). The molecule has 6 nitrogen and oxygen atoms in total. The number of rotatable bonds is 4. The highest BCUT2D eigenvalue weighted by Crippen LogP contribution is 2.25. The lowest BCUT2D eigenvalue weighted by Gasteiger charge is -2.31. The number of ether oxygens (including phenoxy) is 1. The summed E-state index contributed by atoms with van der Waals surface area (Å²) in [5.41, 5.74) is 0.500. The van der Waals surface area contributed by atoms with Gasteiger partial charge in [-0.25, -0.2) is 4.39 Å². The predicted octanol–water partition coefficient (Wildman–Crippen LogP) is 3.13. The molecule has 0 unspecified atom stereocenters. The lowest BCUT2D eigenvalue weighted by Crippen LogP contribution is -2.38. The van der Waals surface area contributed by atoms with Gasteiger partial charge in [-0.2, -0.15) is 0 Å². The highest BCUT2D eigenvalue weighted by Gasteiger charge is 2.26. The number of nitrogens with zero attached hydrogens (tertiary/aromatic N) is 3. The van der Waals surface area contributed by atoms with E-state index in [9.17, 15) is 9.18 Å². The molecule has 1 fully saturated rings. The van der Waals surface area contributed by atoms with Crippen LogP contribution in [0.15, 0.2) is 30.3 Å². The van der Waals surface area contributed by atoms with Crippen LogP contribution in [0.3, 0.4) is 0 Å². The van der Waals surface area contributed by atoms with E-state index in [1.807, 2.05) is 6.07 Å². The number of halogens is 2. The first-order valence-corrected chi connectivity index (χ1v) is 8.33. The fourth-order valence-corrected chi connectivity index (χ4v) is 2.96. The Labute approximate surface area is 149 Å². The van der Waals surface area contributed by atoms with Gasteiger partial charge in [-0.15, -0.1) is 10.2 Å². The molecule has 1 aromatic heterocycles. The van der Waals surface area contributed by atoms with E-state index in [0.29, 0.717) is 37.5 Å². The second-order valence-corrected chi connectivity index (χ2v) is 6.22. The van der Waals surface area contributed by atoms with Crippen LogP contribution < -0.4 is 15.0 Å². The third kappa shape index (κ3) is 4.17. The SMILES string of the molecule is COc1ccc(N2CCC(C(=O)Nc3ccc(F)c(Cl)c3)CC2)nn1. The lowest BCUT2D eigenvalue weighted by molar-refractivity contribution is -0.120. The highest BCUT2D eigenvalue weighted by atomic mass is 35.5. The zero-order chi connectivity index (χ0) is 17.8. The topological polar surface area (TPSA) is 67.3 Å². The second kappa shape index (κ2) is 7.65. The molecule has 1 amide bonds. The van der Waals surface area contributed by atoms with Crippen molar-refractivity contribution in [2.24, 2.45) is 5.92 Å². The van der Waals surface area contributed by atoms with Crippen LogP contribution in [0.2, 0.25) is 5.02 Å². The number of piperidine rings is 1. The van der Waals surface area contributed by atoms with Crippen LogP contribution in [-0.2, 0) is 4.79 Å². The van der Waals surface area contributed by atoms with E-state index in [4.69, 9.17) is 16.3 Å². The first kappa shape index (κ1) is 17.4. The number of nitrogens with one attached hydrogen (secondary N) is 1. The molecule has 1 N–H and O–H groups in total. The number of carbonyl (C=O) groups excluding carboxylic acids is 1. The van der Waals surface area contributed by atoms with Crippen molar-refractivity contribution in [1.82, 2.24) is 10.2 Å². The average molecular weight is 365 g/mol. The van der Waals surface area contributed by atoms with Crippen molar-refractivity contribution >= 4 is 29.0 Å². The second-order valence-electron chi connectivity index (χ2n) is 5.81. The van der Waals surface area contributed by atoms with Crippen LogP contribution in [0.4, 0.5) is 15.9 Å². The summed E-state index contributed by atoms with van der Waals surface area (Å²) in [6.45, 7) is 1.42. The van der Waals surface area contributed by atoms with Gasteiger partial charge in [0.25, 0.3) is 0 Å². The van der Waals surface area contributed by atoms with Gasteiger partial charge in [0.05, 0.1) is 12.1 Å². The molecular formula is C17H18ClFN4O2. The molecule has 1 aromatic carbocycles. The third-order valence-corrected chi connectivity index (χ3v) is 4.50. The molecule has 1 aliphatic rings.